The summed E-state index contributed by atoms with van der Waals surface area (Å²) in [6.07, 6.45) is 5.63. The Morgan fingerprint density at radius 2 is 2.21 bits per heavy atom. The van der Waals surface area contributed by atoms with Crippen molar-refractivity contribution in [2.75, 3.05) is 38.3 Å². The lowest BCUT2D eigenvalue weighted by Gasteiger charge is -2.34. The van der Waals surface area contributed by atoms with Gasteiger partial charge in [0.15, 0.2) is 0 Å². The number of H-pyrrole nitrogens is 1. The van der Waals surface area contributed by atoms with Gasteiger partial charge in [-0.2, -0.15) is 0 Å². The normalized spacial score (nSPS) is 16.3. The number of aromatic amines is 1. The van der Waals surface area contributed by atoms with E-state index in [2.05, 4.69) is 26.4 Å². The first kappa shape index (κ1) is 22.6. The zero-order valence-electron chi connectivity index (χ0n) is 18.8. The van der Waals surface area contributed by atoms with Crippen LogP contribution in [0, 0.1) is 0 Å². The minimum absolute atomic E-state index is 0.0298. The predicted molar refractivity (Wildman–Crippen MR) is 133 cm³/mol. The molecule has 0 saturated carbocycles. The highest BCUT2D eigenvalue weighted by Gasteiger charge is 2.21. The Labute approximate surface area is 202 Å². The largest absolute Gasteiger partial charge is 0.373 e. The fourth-order valence-electron chi connectivity index (χ4n) is 4.30. The Balaban J connectivity index is 1.41. The van der Waals surface area contributed by atoms with Crippen LogP contribution in [0.25, 0.3) is 22.2 Å². The molecule has 0 amide bonds. The number of hydrogen-bond acceptors (Lipinski definition) is 6. The van der Waals surface area contributed by atoms with Gasteiger partial charge in [0.1, 0.15) is 5.65 Å². The Morgan fingerprint density at radius 3 is 3.03 bits per heavy atom. The number of pyridine rings is 2. The van der Waals surface area contributed by atoms with Crippen LogP contribution in [0.15, 0.2) is 65.8 Å². The van der Waals surface area contributed by atoms with E-state index in [1.165, 1.54) is 0 Å². The fourth-order valence-corrected chi connectivity index (χ4v) is 4.51. The van der Waals surface area contributed by atoms with Gasteiger partial charge in [-0.15, -0.1) is 0 Å². The molecular formula is C25H26ClN5O3. The number of hydroxylamine groups is 1. The third-order valence-electron chi connectivity index (χ3n) is 6.02. The Morgan fingerprint density at radius 1 is 1.29 bits per heavy atom. The van der Waals surface area contributed by atoms with Gasteiger partial charge < -0.3 is 24.0 Å². The van der Waals surface area contributed by atoms with Crippen molar-refractivity contribution in [3.8, 4) is 11.1 Å². The quantitative estimate of drug-likeness (QED) is 0.395. The van der Waals surface area contributed by atoms with Gasteiger partial charge in [-0.3, -0.25) is 4.79 Å². The molecule has 2 N–H and O–H groups in total. The highest BCUT2D eigenvalue weighted by molar-refractivity contribution is 6.30. The molecule has 5 rings (SSSR count). The minimum Gasteiger partial charge on any atom is -0.373 e. The molecule has 9 heteroatoms. The number of benzene rings is 1. The average molecular weight is 480 g/mol. The molecule has 34 heavy (non-hydrogen) atoms. The van der Waals surface area contributed by atoms with Crippen LogP contribution in [0.5, 0.6) is 0 Å². The zero-order chi connectivity index (χ0) is 23.5. The van der Waals surface area contributed by atoms with Crippen LogP contribution < -0.4 is 15.9 Å². The number of rotatable bonds is 7. The molecule has 0 bridgehead atoms. The second-order valence-electron chi connectivity index (χ2n) is 8.29. The number of hydrogen-bond donors (Lipinski definition) is 2. The third-order valence-corrected chi connectivity index (χ3v) is 6.26. The van der Waals surface area contributed by atoms with Crippen molar-refractivity contribution in [1.82, 2.24) is 20.0 Å². The maximum atomic E-state index is 12.9. The number of aromatic nitrogens is 3. The highest BCUT2D eigenvalue weighted by atomic mass is 35.5. The molecule has 1 aromatic carbocycles. The molecule has 3 aromatic heterocycles. The fraction of sp³-hybridized carbons (Fsp3) is 0.280. The lowest BCUT2D eigenvalue weighted by Crippen LogP contribution is -2.46. The molecule has 1 aliphatic heterocycles. The number of morpholine rings is 1. The number of ether oxygens (including phenoxy) is 1. The molecule has 1 atom stereocenters. The number of halogens is 1. The van der Waals surface area contributed by atoms with Crippen LogP contribution in [0.1, 0.15) is 5.56 Å². The molecule has 176 valence electrons. The van der Waals surface area contributed by atoms with Crippen molar-refractivity contribution in [1.29, 1.82) is 0 Å². The maximum absolute atomic E-state index is 12.9. The first-order chi connectivity index (χ1) is 16.6. The SMILES string of the molecule is CONCC1CN(c2cnc3[nH]cc(-c4ccn(Cc5cccc(Cl)c5)c(=O)c4)c3c2)CCO1. The van der Waals surface area contributed by atoms with E-state index in [9.17, 15) is 4.79 Å². The second kappa shape index (κ2) is 9.99. The molecule has 1 unspecified atom stereocenters. The van der Waals surface area contributed by atoms with E-state index in [-0.39, 0.29) is 11.7 Å². The van der Waals surface area contributed by atoms with Crippen molar-refractivity contribution in [2.24, 2.45) is 0 Å². The van der Waals surface area contributed by atoms with Gasteiger partial charge in [0.05, 0.1) is 38.2 Å². The van der Waals surface area contributed by atoms with Crippen molar-refractivity contribution in [2.45, 2.75) is 12.6 Å². The van der Waals surface area contributed by atoms with Gasteiger partial charge in [-0.05, 0) is 35.4 Å². The Bertz CT molecular complexity index is 1350. The van der Waals surface area contributed by atoms with Crippen molar-refractivity contribution < 1.29 is 9.57 Å². The summed E-state index contributed by atoms with van der Waals surface area (Å²) in [6, 6.07) is 13.3. The molecule has 0 aliphatic carbocycles. The van der Waals surface area contributed by atoms with Crippen LogP contribution in [-0.2, 0) is 16.1 Å². The van der Waals surface area contributed by atoms with E-state index in [1.807, 2.05) is 48.9 Å². The van der Waals surface area contributed by atoms with Gasteiger partial charge in [0, 0.05) is 54.1 Å². The Kier molecular flexibility index (Phi) is 6.64. The van der Waals surface area contributed by atoms with Gasteiger partial charge >= 0.3 is 0 Å². The Hall–Kier alpha value is -3.17. The van der Waals surface area contributed by atoms with Crippen LogP contribution in [-0.4, -0.2) is 54.0 Å². The molecule has 1 aliphatic rings. The lowest BCUT2D eigenvalue weighted by atomic mass is 10.1. The summed E-state index contributed by atoms with van der Waals surface area (Å²) in [4.78, 5) is 27.9. The molecule has 1 fully saturated rings. The first-order valence-electron chi connectivity index (χ1n) is 11.2. The molecule has 1 saturated heterocycles. The van der Waals surface area contributed by atoms with Crippen LogP contribution in [0.2, 0.25) is 5.02 Å². The maximum Gasteiger partial charge on any atom is 0.251 e. The predicted octanol–water partition coefficient (Wildman–Crippen LogP) is 3.45. The zero-order valence-corrected chi connectivity index (χ0v) is 19.6. The summed E-state index contributed by atoms with van der Waals surface area (Å²) in [5.74, 6) is 0. The summed E-state index contributed by atoms with van der Waals surface area (Å²) in [5.41, 5.74) is 7.37. The third kappa shape index (κ3) is 4.85. The van der Waals surface area contributed by atoms with E-state index in [0.717, 1.165) is 46.5 Å². The van der Waals surface area contributed by atoms with Crippen LogP contribution in [0.3, 0.4) is 0 Å². The molecular weight excluding hydrogens is 454 g/mol. The van der Waals surface area contributed by atoms with Gasteiger partial charge in [0.2, 0.25) is 0 Å². The van der Waals surface area contributed by atoms with E-state index < -0.39 is 0 Å². The number of nitrogens with zero attached hydrogens (tertiary/aromatic N) is 3. The number of anilines is 1. The summed E-state index contributed by atoms with van der Waals surface area (Å²) < 4.78 is 7.49. The van der Waals surface area contributed by atoms with Crippen molar-refractivity contribution >= 4 is 28.3 Å². The number of fused-ring (bicyclic) bond motifs is 1. The second-order valence-corrected chi connectivity index (χ2v) is 8.73. The molecule has 4 heterocycles. The minimum atomic E-state index is -0.0717. The summed E-state index contributed by atoms with van der Waals surface area (Å²) in [7, 11) is 1.60. The van der Waals surface area contributed by atoms with E-state index in [4.69, 9.17) is 21.2 Å². The van der Waals surface area contributed by atoms with Gasteiger partial charge in [-0.25, -0.2) is 10.5 Å². The van der Waals surface area contributed by atoms with Crippen molar-refractivity contribution in [3.63, 3.8) is 0 Å². The molecule has 8 nitrogen and oxygen atoms in total. The van der Waals surface area contributed by atoms with E-state index in [1.54, 1.807) is 17.7 Å². The standard InChI is InChI=1S/C25H26ClN5O3/c1-33-29-13-21-16-30(7-8-34-21)20-11-22-23(14-28-25(22)27-12-20)18-5-6-31(24(32)10-18)15-17-3-2-4-19(26)9-17/h2-6,9-12,14,21,29H,7-8,13,15-16H2,1H3,(H,27,28). The first-order valence-corrected chi connectivity index (χ1v) is 11.5. The van der Waals surface area contributed by atoms with Crippen LogP contribution >= 0.6 is 11.6 Å². The summed E-state index contributed by atoms with van der Waals surface area (Å²) >= 11 is 6.08. The topological polar surface area (TPSA) is 84.4 Å². The van der Waals surface area contributed by atoms with E-state index in [0.29, 0.717) is 24.7 Å². The summed E-state index contributed by atoms with van der Waals surface area (Å²) in [5, 5.41) is 1.63. The van der Waals surface area contributed by atoms with E-state index >= 15 is 0 Å². The average Bonchev–Trinajstić information content (AvgIpc) is 3.27. The summed E-state index contributed by atoms with van der Waals surface area (Å²) in [6.45, 7) is 3.25. The highest BCUT2D eigenvalue weighted by Crippen LogP contribution is 2.30. The molecule has 4 aromatic rings. The van der Waals surface area contributed by atoms with Gasteiger partial charge in [0.25, 0.3) is 5.56 Å². The molecule has 0 radical (unpaired) electrons. The van der Waals surface area contributed by atoms with Crippen molar-refractivity contribution in [3.05, 3.63) is 82.0 Å². The number of nitrogens with one attached hydrogen (secondary N) is 2. The smallest absolute Gasteiger partial charge is 0.251 e. The van der Waals surface area contributed by atoms with Crippen LogP contribution in [0.4, 0.5) is 5.69 Å². The van der Waals surface area contributed by atoms with Gasteiger partial charge in [-0.1, -0.05) is 23.7 Å². The molecule has 0 spiro atoms. The lowest BCUT2D eigenvalue weighted by molar-refractivity contribution is -0.000309. The monoisotopic (exact) mass is 479 g/mol.